The van der Waals surface area contributed by atoms with Crippen LogP contribution < -0.4 is 10.6 Å². The van der Waals surface area contributed by atoms with E-state index in [0.29, 0.717) is 24.1 Å². The average molecular weight is 389 g/mol. The van der Waals surface area contributed by atoms with E-state index < -0.39 is 0 Å². The highest BCUT2D eigenvalue weighted by molar-refractivity contribution is 5.92. The Labute approximate surface area is 166 Å². The molecule has 3 fully saturated rings. The van der Waals surface area contributed by atoms with Crippen LogP contribution >= 0.6 is 0 Å². The number of amides is 2. The first-order valence-corrected chi connectivity index (χ1v) is 10.8. The Kier molecular flexibility index (Phi) is 5.71. The molecule has 1 aromatic heterocycles. The van der Waals surface area contributed by atoms with Gasteiger partial charge in [0.25, 0.3) is 5.91 Å². The van der Waals surface area contributed by atoms with E-state index >= 15 is 0 Å². The minimum absolute atomic E-state index is 0.0711. The van der Waals surface area contributed by atoms with Crippen molar-refractivity contribution >= 4 is 11.8 Å². The Morgan fingerprint density at radius 2 is 2.00 bits per heavy atom. The number of nitrogens with zero attached hydrogens (tertiary/aromatic N) is 2. The molecular weight excluding hydrogens is 356 g/mol. The molecule has 0 radical (unpaired) electrons. The van der Waals surface area contributed by atoms with Gasteiger partial charge in [0.2, 0.25) is 5.91 Å². The van der Waals surface area contributed by atoms with Gasteiger partial charge in [-0.25, -0.2) is 0 Å². The second-order valence-electron chi connectivity index (χ2n) is 8.84. The summed E-state index contributed by atoms with van der Waals surface area (Å²) >= 11 is 0. The highest BCUT2D eigenvalue weighted by Crippen LogP contribution is 2.40. The van der Waals surface area contributed by atoms with Gasteiger partial charge in [0.1, 0.15) is 5.76 Å². The molecule has 7 heteroatoms. The Morgan fingerprint density at radius 3 is 2.68 bits per heavy atom. The second-order valence-corrected chi connectivity index (χ2v) is 8.84. The van der Waals surface area contributed by atoms with E-state index in [0.717, 1.165) is 57.4 Å². The number of hydrogen-bond acceptors (Lipinski definition) is 5. The number of likely N-dealkylation sites (tertiary alicyclic amines) is 1. The lowest BCUT2D eigenvalue weighted by Crippen LogP contribution is -2.53. The van der Waals surface area contributed by atoms with E-state index in [1.807, 2.05) is 4.90 Å². The van der Waals surface area contributed by atoms with Crippen LogP contribution in [0.1, 0.15) is 74.5 Å². The summed E-state index contributed by atoms with van der Waals surface area (Å²) in [4.78, 5) is 27.5. The van der Waals surface area contributed by atoms with E-state index in [2.05, 4.69) is 29.6 Å². The van der Waals surface area contributed by atoms with Gasteiger partial charge in [-0.3, -0.25) is 9.59 Å². The summed E-state index contributed by atoms with van der Waals surface area (Å²) in [6.07, 6.45) is 5.96. The fourth-order valence-electron chi connectivity index (χ4n) is 4.65. The second kappa shape index (κ2) is 8.23. The van der Waals surface area contributed by atoms with Gasteiger partial charge < -0.3 is 20.1 Å². The van der Waals surface area contributed by atoms with Gasteiger partial charge >= 0.3 is 0 Å². The average Bonchev–Trinajstić information content (AvgIpc) is 3.44. The van der Waals surface area contributed by atoms with Crippen molar-refractivity contribution in [1.82, 2.24) is 20.7 Å². The molecular formula is C21H32N4O3. The van der Waals surface area contributed by atoms with Crippen molar-refractivity contribution in [1.29, 1.82) is 0 Å². The monoisotopic (exact) mass is 388 g/mol. The van der Waals surface area contributed by atoms with Gasteiger partial charge in [0.15, 0.2) is 5.69 Å². The summed E-state index contributed by atoms with van der Waals surface area (Å²) in [5, 5.41) is 10.4. The number of nitrogens with one attached hydrogen (secondary N) is 2. The summed E-state index contributed by atoms with van der Waals surface area (Å²) in [5.41, 5.74) is 0.368. The topological polar surface area (TPSA) is 87.5 Å². The highest BCUT2D eigenvalue weighted by Gasteiger charge is 2.35. The Morgan fingerprint density at radius 1 is 1.25 bits per heavy atom. The predicted molar refractivity (Wildman–Crippen MR) is 105 cm³/mol. The molecule has 0 aromatic carbocycles. The number of carbonyl (C=O) groups excluding carboxylic acids is 2. The third kappa shape index (κ3) is 4.24. The maximum atomic E-state index is 13.0. The molecule has 1 saturated carbocycles. The fourth-order valence-corrected chi connectivity index (χ4v) is 4.65. The van der Waals surface area contributed by atoms with Gasteiger partial charge in [0, 0.05) is 36.5 Å². The number of carbonyl (C=O) groups is 2. The van der Waals surface area contributed by atoms with Gasteiger partial charge in [0.05, 0.1) is 0 Å². The number of hydrogen-bond donors (Lipinski definition) is 2. The van der Waals surface area contributed by atoms with Crippen LogP contribution in [0.2, 0.25) is 0 Å². The van der Waals surface area contributed by atoms with Crippen molar-refractivity contribution in [2.75, 3.05) is 19.6 Å². The Bertz CT molecular complexity index is 708. The van der Waals surface area contributed by atoms with Crippen molar-refractivity contribution in [3.05, 3.63) is 17.5 Å². The van der Waals surface area contributed by atoms with Crippen molar-refractivity contribution < 1.29 is 14.1 Å². The maximum Gasteiger partial charge on any atom is 0.273 e. The van der Waals surface area contributed by atoms with Crippen LogP contribution in [0.5, 0.6) is 0 Å². The van der Waals surface area contributed by atoms with Crippen LogP contribution in [0.4, 0.5) is 0 Å². The first kappa shape index (κ1) is 19.4. The molecule has 2 amide bonds. The SMILES string of the molecule is C[C@H](C(=O)N1CC[C@H](NC(=O)c2cc(C3CC3)on2)C[C@H]1C)C1CCNCC1. The molecule has 28 heavy (non-hydrogen) atoms. The van der Waals surface area contributed by atoms with E-state index in [4.69, 9.17) is 4.52 Å². The van der Waals surface area contributed by atoms with Crippen LogP contribution in [0.25, 0.3) is 0 Å². The summed E-state index contributed by atoms with van der Waals surface area (Å²) < 4.78 is 5.28. The van der Waals surface area contributed by atoms with E-state index in [1.54, 1.807) is 6.07 Å². The quantitative estimate of drug-likeness (QED) is 0.808. The highest BCUT2D eigenvalue weighted by atomic mass is 16.5. The molecule has 0 unspecified atom stereocenters. The van der Waals surface area contributed by atoms with Crippen LogP contribution in [0.3, 0.4) is 0 Å². The third-order valence-corrected chi connectivity index (χ3v) is 6.72. The number of piperidine rings is 2. The predicted octanol–water partition coefficient (Wildman–Crippen LogP) is 2.30. The smallest absolute Gasteiger partial charge is 0.273 e. The molecule has 1 aliphatic carbocycles. The minimum atomic E-state index is -0.171. The molecule has 2 saturated heterocycles. The minimum Gasteiger partial charge on any atom is -0.360 e. The molecule has 2 aliphatic heterocycles. The normalized spacial score (nSPS) is 27.4. The third-order valence-electron chi connectivity index (χ3n) is 6.72. The fraction of sp³-hybridized carbons (Fsp3) is 0.762. The van der Waals surface area contributed by atoms with Gasteiger partial charge in [-0.15, -0.1) is 0 Å². The van der Waals surface area contributed by atoms with Crippen LogP contribution in [-0.4, -0.2) is 53.6 Å². The van der Waals surface area contributed by atoms with Gasteiger partial charge in [-0.1, -0.05) is 12.1 Å². The summed E-state index contributed by atoms with van der Waals surface area (Å²) in [7, 11) is 0. The van der Waals surface area contributed by atoms with Gasteiger partial charge in [-0.05, 0) is 64.5 Å². The van der Waals surface area contributed by atoms with Crippen LogP contribution in [0, 0.1) is 11.8 Å². The lowest BCUT2D eigenvalue weighted by atomic mass is 9.84. The van der Waals surface area contributed by atoms with Gasteiger partial charge in [-0.2, -0.15) is 0 Å². The lowest BCUT2D eigenvalue weighted by molar-refractivity contribution is -0.140. The molecule has 3 atom stereocenters. The van der Waals surface area contributed by atoms with Crippen molar-refractivity contribution in [3.8, 4) is 0 Å². The van der Waals surface area contributed by atoms with E-state index in [-0.39, 0.29) is 29.8 Å². The summed E-state index contributed by atoms with van der Waals surface area (Å²) in [6, 6.07) is 1.98. The molecule has 154 valence electrons. The molecule has 3 aliphatic rings. The zero-order chi connectivity index (χ0) is 19.7. The zero-order valence-corrected chi connectivity index (χ0v) is 16.9. The Hall–Kier alpha value is -1.89. The molecule has 0 spiro atoms. The first-order valence-electron chi connectivity index (χ1n) is 10.8. The summed E-state index contributed by atoms with van der Waals surface area (Å²) in [6.45, 7) is 6.90. The van der Waals surface area contributed by atoms with E-state index in [1.165, 1.54) is 0 Å². The standard InChI is InChI=1S/C21H32N4O3/c1-13-11-17(23-20(26)18-12-19(28-24-18)16-3-4-16)7-10-25(13)21(27)14(2)15-5-8-22-9-6-15/h12-17,22H,3-11H2,1-2H3,(H,23,26)/t13-,14+,17+/m1/s1. The maximum absolute atomic E-state index is 13.0. The molecule has 0 bridgehead atoms. The first-order chi connectivity index (χ1) is 13.5. The lowest BCUT2D eigenvalue weighted by Gasteiger charge is -2.40. The summed E-state index contributed by atoms with van der Waals surface area (Å²) in [5.74, 6) is 1.93. The van der Waals surface area contributed by atoms with E-state index in [9.17, 15) is 9.59 Å². The van der Waals surface area contributed by atoms with Crippen LogP contribution in [-0.2, 0) is 4.79 Å². The van der Waals surface area contributed by atoms with Crippen molar-refractivity contribution in [2.45, 2.75) is 70.4 Å². The molecule has 3 heterocycles. The number of aromatic nitrogens is 1. The number of rotatable bonds is 5. The molecule has 2 N–H and O–H groups in total. The largest absolute Gasteiger partial charge is 0.360 e. The molecule has 4 rings (SSSR count). The zero-order valence-electron chi connectivity index (χ0n) is 16.9. The molecule has 7 nitrogen and oxygen atoms in total. The van der Waals surface area contributed by atoms with Crippen LogP contribution in [0.15, 0.2) is 10.6 Å². The Balaban J connectivity index is 1.29. The van der Waals surface area contributed by atoms with Crippen molar-refractivity contribution in [3.63, 3.8) is 0 Å². The van der Waals surface area contributed by atoms with Crippen molar-refractivity contribution in [2.24, 2.45) is 11.8 Å². The molecule has 1 aromatic rings.